The van der Waals surface area contributed by atoms with E-state index in [1.54, 1.807) is 7.11 Å². The Morgan fingerprint density at radius 1 is 1.19 bits per heavy atom. The predicted octanol–water partition coefficient (Wildman–Crippen LogP) is 3.24. The minimum absolute atomic E-state index is 0.0878. The maximum absolute atomic E-state index is 12.9. The predicted molar refractivity (Wildman–Crippen MR) is 122 cm³/mol. The maximum Gasteiger partial charge on any atom is 0.233 e. The van der Waals surface area contributed by atoms with E-state index in [2.05, 4.69) is 4.90 Å². The largest absolute Gasteiger partial charge is 0.497 e. The molecule has 1 amide bonds. The topological polar surface area (TPSA) is 67.8 Å². The monoisotopic (exact) mass is 436 g/mol. The number of ether oxygens (including phenoxy) is 2. The Labute approximate surface area is 189 Å². The molecule has 2 saturated heterocycles. The first-order valence-corrected chi connectivity index (χ1v) is 11.7. The minimum Gasteiger partial charge on any atom is -0.497 e. The highest BCUT2D eigenvalue weighted by molar-refractivity contribution is 6.00. The molecule has 0 aliphatic carbocycles. The summed E-state index contributed by atoms with van der Waals surface area (Å²) in [5.41, 5.74) is 2.94. The summed E-state index contributed by atoms with van der Waals surface area (Å²) < 4.78 is 10.9. The molecule has 4 heterocycles. The molecule has 3 aliphatic rings. The third kappa shape index (κ3) is 4.24. The maximum atomic E-state index is 12.9. The second-order valence-corrected chi connectivity index (χ2v) is 9.16. The summed E-state index contributed by atoms with van der Waals surface area (Å²) in [4.78, 5) is 27.2. The average Bonchev–Trinajstić information content (AvgIpc) is 3.15. The lowest BCUT2D eigenvalue weighted by Gasteiger charge is -2.39. The second-order valence-electron chi connectivity index (χ2n) is 9.16. The van der Waals surface area contributed by atoms with Crippen LogP contribution in [-0.2, 0) is 22.5 Å². The van der Waals surface area contributed by atoms with Crippen LogP contribution in [0, 0.1) is 6.92 Å². The molecule has 0 bridgehead atoms. The standard InChI is InChI=1S/C25H32N4O3/c1-17-22-14-23(30)29(15-18-5-3-7-21(13-18)31-2)25(22)27-24(26-17)19-6-4-10-28(16-19)20-8-11-32-12-9-20/h3,5,7,13,19-20H,4,6,8-12,14-16H2,1-2H3/t19-/m1/s1. The molecule has 3 aliphatic heterocycles. The second kappa shape index (κ2) is 9.16. The van der Waals surface area contributed by atoms with Crippen LogP contribution in [0.3, 0.4) is 0 Å². The third-order valence-corrected chi connectivity index (χ3v) is 7.09. The fourth-order valence-corrected chi connectivity index (χ4v) is 5.30. The molecule has 170 valence electrons. The Bertz CT molecular complexity index is 989. The van der Waals surface area contributed by atoms with Crippen molar-refractivity contribution < 1.29 is 14.3 Å². The van der Waals surface area contributed by atoms with Crippen LogP contribution < -0.4 is 9.64 Å². The van der Waals surface area contributed by atoms with Crippen LogP contribution in [0.5, 0.6) is 5.75 Å². The van der Waals surface area contributed by atoms with E-state index in [0.717, 1.165) is 86.2 Å². The number of fused-ring (bicyclic) bond motifs is 1. The number of aromatic nitrogens is 2. The van der Waals surface area contributed by atoms with Gasteiger partial charge in [-0.2, -0.15) is 0 Å². The van der Waals surface area contributed by atoms with Gasteiger partial charge in [-0.3, -0.25) is 14.6 Å². The average molecular weight is 437 g/mol. The van der Waals surface area contributed by atoms with E-state index < -0.39 is 0 Å². The Hall–Kier alpha value is -2.51. The number of piperidine rings is 1. The number of hydrogen-bond acceptors (Lipinski definition) is 6. The fraction of sp³-hybridized carbons (Fsp3) is 0.560. The van der Waals surface area contributed by atoms with E-state index in [1.807, 2.05) is 36.1 Å². The van der Waals surface area contributed by atoms with Crippen LogP contribution in [0.15, 0.2) is 24.3 Å². The van der Waals surface area contributed by atoms with E-state index in [9.17, 15) is 4.79 Å². The van der Waals surface area contributed by atoms with Crippen LogP contribution in [0.25, 0.3) is 0 Å². The van der Waals surface area contributed by atoms with Crippen LogP contribution in [0.1, 0.15) is 54.2 Å². The van der Waals surface area contributed by atoms with Crippen LogP contribution >= 0.6 is 0 Å². The first-order chi connectivity index (χ1) is 15.6. The van der Waals surface area contributed by atoms with Crippen LogP contribution in [0.2, 0.25) is 0 Å². The summed E-state index contributed by atoms with van der Waals surface area (Å²) in [5, 5.41) is 0. The van der Waals surface area contributed by atoms with Gasteiger partial charge in [0.05, 0.1) is 20.1 Å². The number of nitrogens with zero attached hydrogens (tertiary/aromatic N) is 4. The van der Waals surface area contributed by atoms with E-state index in [1.165, 1.54) is 0 Å². The van der Waals surface area contributed by atoms with Crippen LogP contribution in [0.4, 0.5) is 5.82 Å². The summed E-state index contributed by atoms with van der Waals surface area (Å²) in [7, 11) is 1.66. The molecule has 0 radical (unpaired) electrons. The van der Waals surface area contributed by atoms with Gasteiger partial charge in [0.2, 0.25) is 5.91 Å². The summed E-state index contributed by atoms with van der Waals surface area (Å²) in [6.07, 6.45) is 4.86. The molecule has 32 heavy (non-hydrogen) atoms. The molecular weight excluding hydrogens is 404 g/mol. The van der Waals surface area contributed by atoms with Crippen molar-refractivity contribution in [3.05, 3.63) is 46.9 Å². The molecule has 0 saturated carbocycles. The quantitative estimate of drug-likeness (QED) is 0.717. The van der Waals surface area contributed by atoms with Gasteiger partial charge in [-0.1, -0.05) is 12.1 Å². The van der Waals surface area contributed by atoms with Crippen molar-refractivity contribution in [2.24, 2.45) is 0 Å². The molecule has 5 rings (SSSR count). The van der Waals surface area contributed by atoms with E-state index in [-0.39, 0.29) is 5.91 Å². The van der Waals surface area contributed by atoms with Gasteiger partial charge in [0, 0.05) is 43.0 Å². The Morgan fingerprint density at radius 3 is 2.84 bits per heavy atom. The number of rotatable bonds is 5. The number of anilines is 1. The number of carbonyl (C=O) groups is 1. The lowest BCUT2D eigenvalue weighted by atomic mass is 9.94. The molecule has 1 aromatic carbocycles. The molecule has 0 N–H and O–H groups in total. The van der Waals surface area contributed by atoms with E-state index in [0.29, 0.717) is 24.9 Å². The highest BCUT2D eigenvalue weighted by Crippen LogP contribution is 2.34. The molecule has 0 spiro atoms. The van der Waals surface area contributed by atoms with Crippen molar-refractivity contribution in [3.63, 3.8) is 0 Å². The SMILES string of the molecule is COc1cccc(CN2C(=O)Cc3c(C)nc([C@@H]4CCCN(C5CCOCC5)C4)nc32)c1. The number of likely N-dealkylation sites (tertiary alicyclic amines) is 1. The lowest BCUT2D eigenvalue weighted by molar-refractivity contribution is -0.117. The summed E-state index contributed by atoms with van der Waals surface area (Å²) in [6, 6.07) is 8.48. The van der Waals surface area contributed by atoms with Crippen molar-refractivity contribution in [3.8, 4) is 5.75 Å². The molecule has 7 heteroatoms. The summed E-state index contributed by atoms with van der Waals surface area (Å²) in [6.45, 7) is 6.38. The number of benzene rings is 1. The Morgan fingerprint density at radius 2 is 2.03 bits per heavy atom. The van der Waals surface area contributed by atoms with Crippen molar-refractivity contribution in [2.45, 2.75) is 57.5 Å². The zero-order valence-corrected chi connectivity index (χ0v) is 19.0. The molecular formula is C25H32N4O3. The van der Waals surface area contributed by atoms with E-state index >= 15 is 0 Å². The molecule has 7 nitrogen and oxygen atoms in total. The number of carbonyl (C=O) groups excluding carboxylic acids is 1. The molecule has 2 aromatic rings. The van der Waals surface area contributed by atoms with Gasteiger partial charge in [0.15, 0.2) is 0 Å². The molecule has 1 aromatic heterocycles. The van der Waals surface area contributed by atoms with Gasteiger partial charge in [-0.15, -0.1) is 0 Å². The number of methoxy groups -OCH3 is 1. The lowest BCUT2D eigenvalue weighted by Crippen LogP contribution is -2.44. The smallest absolute Gasteiger partial charge is 0.233 e. The van der Waals surface area contributed by atoms with Crippen LogP contribution in [-0.4, -0.2) is 60.2 Å². The normalized spacial score (nSPS) is 22.2. The highest BCUT2D eigenvalue weighted by Gasteiger charge is 2.34. The van der Waals surface area contributed by atoms with Crippen molar-refractivity contribution in [1.29, 1.82) is 0 Å². The minimum atomic E-state index is 0.0878. The van der Waals surface area contributed by atoms with Gasteiger partial charge in [0.1, 0.15) is 17.4 Å². The first kappa shape index (κ1) is 21.3. The van der Waals surface area contributed by atoms with Gasteiger partial charge >= 0.3 is 0 Å². The van der Waals surface area contributed by atoms with Gasteiger partial charge < -0.3 is 9.47 Å². The zero-order chi connectivity index (χ0) is 22.1. The molecule has 1 atom stereocenters. The Balaban J connectivity index is 1.39. The zero-order valence-electron chi connectivity index (χ0n) is 19.0. The number of amides is 1. The Kier molecular flexibility index (Phi) is 6.11. The molecule has 2 fully saturated rings. The summed E-state index contributed by atoms with van der Waals surface area (Å²) in [5.74, 6) is 2.88. The van der Waals surface area contributed by atoms with E-state index in [4.69, 9.17) is 19.4 Å². The number of aryl methyl sites for hydroxylation is 1. The fourth-order valence-electron chi connectivity index (χ4n) is 5.30. The molecule has 0 unspecified atom stereocenters. The van der Waals surface area contributed by atoms with Crippen molar-refractivity contribution in [2.75, 3.05) is 38.3 Å². The third-order valence-electron chi connectivity index (χ3n) is 7.09. The summed E-state index contributed by atoms with van der Waals surface area (Å²) >= 11 is 0. The van der Waals surface area contributed by atoms with Crippen molar-refractivity contribution in [1.82, 2.24) is 14.9 Å². The first-order valence-electron chi connectivity index (χ1n) is 11.7. The van der Waals surface area contributed by atoms with Gasteiger partial charge in [-0.05, 0) is 56.8 Å². The van der Waals surface area contributed by atoms with Crippen molar-refractivity contribution >= 4 is 11.7 Å². The number of hydrogen-bond donors (Lipinski definition) is 0. The van der Waals surface area contributed by atoms with Gasteiger partial charge in [-0.25, -0.2) is 9.97 Å². The highest BCUT2D eigenvalue weighted by atomic mass is 16.5. The van der Waals surface area contributed by atoms with Gasteiger partial charge in [0.25, 0.3) is 0 Å².